The second-order valence-corrected chi connectivity index (χ2v) is 2.96. The number of benzene rings is 1. The molecular weight excluding hydrogens is 178 g/mol. The summed E-state index contributed by atoms with van der Waals surface area (Å²) in [6.45, 7) is 1.09. The summed E-state index contributed by atoms with van der Waals surface area (Å²) in [5.41, 5.74) is 6.18. The second-order valence-electron chi connectivity index (χ2n) is 2.52. The molecule has 2 rings (SSSR count). The molecule has 3 nitrogen and oxygen atoms in total. The molecule has 0 fully saturated rings. The molecule has 4 heteroatoms. The van der Waals surface area contributed by atoms with Crippen LogP contribution in [-0.2, 0) is 0 Å². The van der Waals surface area contributed by atoms with Crippen LogP contribution < -0.4 is 15.2 Å². The Morgan fingerprint density at radius 1 is 1.25 bits per heavy atom. The molecule has 0 saturated carbocycles. The summed E-state index contributed by atoms with van der Waals surface area (Å²) in [5, 5.41) is 0.566. The Hall–Kier alpha value is -1.09. The normalized spacial score (nSPS) is 14.4. The molecule has 64 valence electrons. The van der Waals surface area contributed by atoms with E-state index in [0.29, 0.717) is 35.4 Å². The third-order valence-corrected chi connectivity index (χ3v) is 1.85. The number of nitrogens with two attached hydrogens (primary N) is 1. The van der Waals surface area contributed by atoms with Gasteiger partial charge in [0.2, 0.25) is 0 Å². The minimum atomic E-state index is 0.525. The fourth-order valence-electron chi connectivity index (χ4n) is 1.15. The lowest BCUT2D eigenvalue weighted by molar-refractivity contribution is 0.172. The fraction of sp³-hybridized carbons (Fsp3) is 0.250. The number of nitrogen functional groups attached to an aromatic ring is 1. The van der Waals surface area contributed by atoms with Gasteiger partial charge in [0.15, 0.2) is 11.5 Å². The first kappa shape index (κ1) is 7.55. The Labute approximate surface area is 75.0 Å². The highest BCUT2D eigenvalue weighted by Crippen LogP contribution is 2.38. The van der Waals surface area contributed by atoms with Crippen LogP contribution >= 0.6 is 11.6 Å². The zero-order valence-electron chi connectivity index (χ0n) is 6.34. The summed E-state index contributed by atoms with van der Waals surface area (Å²) < 4.78 is 10.6. The van der Waals surface area contributed by atoms with E-state index in [1.54, 1.807) is 12.1 Å². The van der Waals surface area contributed by atoms with Crippen LogP contribution in [0.25, 0.3) is 0 Å². The zero-order valence-corrected chi connectivity index (χ0v) is 7.10. The summed E-state index contributed by atoms with van der Waals surface area (Å²) in [6.07, 6.45) is 0. The standard InChI is InChI=1S/C8H8ClNO2/c9-5-3-6(10)8-7(4-5)11-1-2-12-8/h3-4H,1-2,10H2. The van der Waals surface area contributed by atoms with Crippen molar-refractivity contribution in [3.05, 3.63) is 17.2 Å². The van der Waals surface area contributed by atoms with E-state index in [1.165, 1.54) is 0 Å². The minimum absolute atomic E-state index is 0.525. The molecule has 0 saturated heterocycles. The highest BCUT2D eigenvalue weighted by atomic mass is 35.5. The zero-order chi connectivity index (χ0) is 8.55. The van der Waals surface area contributed by atoms with E-state index in [1.807, 2.05) is 0 Å². The molecule has 1 aliphatic rings. The van der Waals surface area contributed by atoms with Gasteiger partial charge in [0.05, 0.1) is 5.69 Å². The van der Waals surface area contributed by atoms with E-state index in [9.17, 15) is 0 Å². The maximum absolute atomic E-state index is 5.77. The maximum Gasteiger partial charge on any atom is 0.184 e. The topological polar surface area (TPSA) is 44.5 Å². The second kappa shape index (κ2) is 2.75. The van der Waals surface area contributed by atoms with E-state index in [0.717, 1.165) is 0 Å². The maximum atomic E-state index is 5.77. The largest absolute Gasteiger partial charge is 0.486 e. The highest BCUT2D eigenvalue weighted by molar-refractivity contribution is 6.31. The van der Waals surface area contributed by atoms with Gasteiger partial charge < -0.3 is 15.2 Å². The molecule has 0 spiro atoms. The Morgan fingerprint density at radius 2 is 2.00 bits per heavy atom. The molecule has 0 atom stereocenters. The summed E-state index contributed by atoms with van der Waals surface area (Å²) in [7, 11) is 0. The van der Waals surface area contributed by atoms with Gasteiger partial charge in [-0.15, -0.1) is 0 Å². The van der Waals surface area contributed by atoms with Crippen molar-refractivity contribution in [2.45, 2.75) is 0 Å². The third-order valence-electron chi connectivity index (χ3n) is 1.64. The van der Waals surface area contributed by atoms with Gasteiger partial charge in [-0.1, -0.05) is 11.6 Å². The predicted molar refractivity (Wildman–Crippen MR) is 46.9 cm³/mol. The molecule has 1 heterocycles. The lowest BCUT2D eigenvalue weighted by Gasteiger charge is -2.19. The van der Waals surface area contributed by atoms with Crippen molar-refractivity contribution in [3.8, 4) is 11.5 Å². The van der Waals surface area contributed by atoms with E-state index < -0.39 is 0 Å². The van der Waals surface area contributed by atoms with Gasteiger partial charge in [-0.25, -0.2) is 0 Å². The van der Waals surface area contributed by atoms with Crippen LogP contribution in [0.15, 0.2) is 12.1 Å². The Morgan fingerprint density at radius 3 is 2.83 bits per heavy atom. The molecule has 1 aromatic carbocycles. The molecule has 0 radical (unpaired) electrons. The first-order valence-electron chi connectivity index (χ1n) is 3.62. The summed E-state index contributed by atoms with van der Waals surface area (Å²) >= 11 is 5.77. The number of rotatable bonds is 0. The molecule has 2 N–H and O–H groups in total. The lowest BCUT2D eigenvalue weighted by Crippen LogP contribution is -2.16. The molecular formula is C8H8ClNO2. The molecule has 0 bridgehead atoms. The molecule has 1 aromatic rings. The molecule has 0 amide bonds. The minimum Gasteiger partial charge on any atom is -0.486 e. The van der Waals surface area contributed by atoms with Crippen molar-refractivity contribution in [2.24, 2.45) is 0 Å². The van der Waals surface area contributed by atoms with Crippen LogP contribution in [0, 0.1) is 0 Å². The van der Waals surface area contributed by atoms with E-state index >= 15 is 0 Å². The van der Waals surface area contributed by atoms with Gasteiger partial charge in [0, 0.05) is 11.1 Å². The first-order chi connectivity index (χ1) is 5.77. The first-order valence-corrected chi connectivity index (χ1v) is 4.00. The van der Waals surface area contributed by atoms with Crippen molar-refractivity contribution < 1.29 is 9.47 Å². The quantitative estimate of drug-likeness (QED) is 0.626. The molecule has 0 aromatic heterocycles. The summed E-state index contributed by atoms with van der Waals surface area (Å²) in [6, 6.07) is 3.35. The van der Waals surface area contributed by atoms with Crippen molar-refractivity contribution in [3.63, 3.8) is 0 Å². The Kier molecular flexibility index (Phi) is 1.73. The Bertz CT molecular complexity index is 314. The van der Waals surface area contributed by atoms with Crippen molar-refractivity contribution in [1.29, 1.82) is 0 Å². The predicted octanol–water partition coefficient (Wildman–Crippen LogP) is 1.69. The smallest absolute Gasteiger partial charge is 0.184 e. The van der Waals surface area contributed by atoms with Crippen LogP contribution in [-0.4, -0.2) is 13.2 Å². The monoisotopic (exact) mass is 185 g/mol. The van der Waals surface area contributed by atoms with Gasteiger partial charge in [-0.05, 0) is 6.07 Å². The summed E-state index contributed by atoms with van der Waals surface area (Å²) in [5.74, 6) is 1.23. The van der Waals surface area contributed by atoms with Crippen molar-refractivity contribution >= 4 is 17.3 Å². The van der Waals surface area contributed by atoms with E-state index in [4.69, 9.17) is 26.8 Å². The molecule has 0 unspecified atom stereocenters. The molecule has 1 aliphatic heterocycles. The number of halogens is 1. The number of hydrogen-bond acceptors (Lipinski definition) is 3. The van der Waals surface area contributed by atoms with Gasteiger partial charge in [0.25, 0.3) is 0 Å². The highest BCUT2D eigenvalue weighted by Gasteiger charge is 2.14. The van der Waals surface area contributed by atoms with Gasteiger partial charge in [-0.3, -0.25) is 0 Å². The summed E-state index contributed by atoms with van der Waals surface area (Å²) in [4.78, 5) is 0. The average molecular weight is 186 g/mol. The van der Waals surface area contributed by atoms with Crippen molar-refractivity contribution in [1.82, 2.24) is 0 Å². The van der Waals surface area contributed by atoms with Gasteiger partial charge in [-0.2, -0.15) is 0 Å². The fourth-order valence-corrected chi connectivity index (χ4v) is 1.36. The van der Waals surface area contributed by atoms with Crippen LogP contribution in [0.5, 0.6) is 11.5 Å². The van der Waals surface area contributed by atoms with Crippen molar-refractivity contribution in [2.75, 3.05) is 18.9 Å². The number of fused-ring (bicyclic) bond motifs is 1. The molecule has 12 heavy (non-hydrogen) atoms. The van der Waals surface area contributed by atoms with E-state index in [-0.39, 0.29) is 0 Å². The van der Waals surface area contributed by atoms with Gasteiger partial charge >= 0.3 is 0 Å². The van der Waals surface area contributed by atoms with Gasteiger partial charge in [0.1, 0.15) is 13.2 Å². The number of hydrogen-bond donors (Lipinski definition) is 1. The van der Waals surface area contributed by atoms with Crippen LogP contribution in [0.4, 0.5) is 5.69 Å². The van der Waals surface area contributed by atoms with E-state index in [2.05, 4.69) is 0 Å². The van der Waals surface area contributed by atoms with Crippen LogP contribution in [0.1, 0.15) is 0 Å². The SMILES string of the molecule is Nc1cc(Cl)cc2c1OCCO2. The third kappa shape index (κ3) is 1.16. The Balaban J connectivity index is 2.53. The van der Waals surface area contributed by atoms with Crippen LogP contribution in [0.2, 0.25) is 5.02 Å². The number of anilines is 1. The average Bonchev–Trinajstić information content (AvgIpc) is 2.04. The van der Waals surface area contributed by atoms with Crippen LogP contribution in [0.3, 0.4) is 0 Å². The lowest BCUT2D eigenvalue weighted by atomic mass is 10.2. The number of ether oxygens (including phenoxy) is 2. The molecule has 0 aliphatic carbocycles.